The molecule has 1 amide bonds. The SMILES string of the molecule is CC1(CNC(=O)c2cccc(OCc3cn4ccccc4n3)c2)CCNCC1. The maximum Gasteiger partial charge on any atom is 0.251 e. The van der Waals surface area contributed by atoms with Crippen molar-refractivity contribution in [2.24, 2.45) is 5.41 Å². The molecule has 2 aromatic heterocycles. The first kappa shape index (κ1) is 18.5. The van der Waals surface area contributed by atoms with E-state index < -0.39 is 0 Å². The highest BCUT2D eigenvalue weighted by Gasteiger charge is 2.27. The Morgan fingerprint density at radius 3 is 2.93 bits per heavy atom. The minimum Gasteiger partial charge on any atom is -0.487 e. The Balaban J connectivity index is 1.36. The molecule has 1 saturated heterocycles. The van der Waals surface area contributed by atoms with Crippen molar-refractivity contribution in [3.63, 3.8) is 0 Å². The molecule has 6 heteroatoms. The van der Waals surface area contributed by atoms with E-state index in [1.165, 1.54) is 0 Å². The van der Waals surface area contributed by atoms with Crippen LogP contribution in [0.25, 0.3) is 5.65 Å². The van der Waals surface area contributed by atoms with Crippen LogP contribution in [0.4, 0.5) is 0 Å². The molecule has 1 fully saturated rings. The number of imidazole rings is 1. The van der Waals surface area contributed by atoms with Crippen molar-refractivity contribution in [2.45, 2.75) is 26.4 Å². The van der Waals surface area contributed by atoms with E-state index >= 15 is 0 Å². The van der Waals surface area contributed by atoms with Gasteiger partial charge in [-0.05, 0) is 61.7 Å². The third-order valence-corrected chi connectivity index (χ3v) is 5.38. The molecule has 0 bridgehead atoms. The number of hydrogen-bond donors (Lipinski definition) is 2. The van der Waals surface area contributed by atoms with Crippen LogP contribution in [-0.4, -0.2) is 34.9 Å². The number of benzene rings is 1. The Morgan fingerprint density at radius 1 is 1.25 bits per heavy atom. The van der Waals surface area contributed by atoms with Gasteiger partial charge < -0.3 is 19.8 Å². The monoisotopic (exact) mass is 378 g/mol. The van der Waals surface area contributed by atoms with Crippen molar-refractivity contribution in [1.82, 2.24) is 20.0 Å². The van der Waals surface area contributed by atoms with Gasteiger partial charge in [-0.15, -0.1) is 0 Å². The van der Waals surface area contributed by atoms with E-state index in [4.69, 9.17) is 4.74 Å². The van der Waals surface area contributed by atoms with Crippen LogP contribution in [0, 0.1) is 5.41 Å². The van der Waals surface area contributed by atoms with Crippen molar-refractivity contribution in [3.05, 3.63) is 66.1 Å². The van der Waals surface area contributed by atoms with Crippen LogP contribution < -0.4 is 15.4 Å². The maximum absolute atomic E-state index is 12.6. The average molecular weight is 378 g/mol. The van der Waals surface area contributed by atoms with E-state index in [1.54, 1.807) is 6.07 Å². The highest BCUT2D eigenvalue weighted by molar-refractivity contribution is 5.94. The summed E-state index contributed by atoms with van der Waals surface area (Å²) < 4.78 is 7.82. The second kappa shape index (κ2) is 8.02. The number of carbonyl (C=O) groups is 1. The minimum absolute atomic E-state index is 0.0575. The topological polar surface area (TPSA) is 67.7 Å². The van der Waals surface area contributed by atoms with Crippen molar-refractivity contribution < 1.29 is 9.53 Å². The lowest BCUT2D eigenvalue weighted by Crippen LogP contribution is -2.42. The molecule has 0 atom stereocenters. The van der Waals surface area contributed by atoms with Crippen LogP contribution >= 0.6 is 0 Å². The first-order chi connectivity index (χ1) is 13.6. The third kappa shape index (κ3) is 4.34. The zero-order chi connectivity index (χ0) is 19.4. The molecule has 1 aliphatic heterocycles. The molecule has 0 radical (unpaired) electrons. The third-order valence-electron chi connectivity index (χ3n) is 5.38. The average Bonchev–Trinajstić information content (AvgIpc) is 3.14. The van der Waals surface area contributed by atoms with Gasteiger partial charge in [0.2, 0.25) is 0 Å². The van der Waals surface area contributed by atoms with Gasteiger partial charge in [0, 0.05) is 24.5 Å². The zero-order valence-electron chi connectivity index (χ0n) is 16.1. The van der Waals surface area contributed by atoms with Gasteiger partial charge in [0.1, 0.15) is 18.0 Å². The second-order valence-corrected chi connectivity index (χ2v) is 7.76. The Bertz CT molecular complexity index is 927. The quantitative estimate of drug-likeness (QED) is 0.692. The normalized spacial score (nSPS) is 16.0. The summed E-state index contributed by atoms with van der Waals surface area (Å²) in [6, 6.07) is 13.2. The van der Waals surface area contributed by atoms with E-state index in [0.717, 1.165) is 37.3 Å². The number of nitrogens with one attached hydrogen (secondary N) is 2. The summed E-state index contributed by atoms with van der Waals surface area (Å²) in [4.78, 5) is 17.1. The van der Waals surface area contributed by atoms with Gasteiger partial charge in [-0.3, -0.25) is 4.79 Å². The predicted molar refractivity (Wildman–Crippen MR) is 109 cm³/mol. The summed E-state index contributed by atoms with van der Waals surface area (Å²) in [5.41, 5.74) is 2.52. The highest BCUT2D eigenvalue weighted by atomic mass is 16.5. The second-order valence-electron chi connectivity index (χ2n) is 7.76. The fourth-order valence-corrected chi connectivity index (χ4v) is 3.54. The number of fused-ring (bicyclic) bond motifs is 1. The van der Waals surface area contributed by atoms with E-state index in [2.05, 4.69) is 22.5 Å². The Kier molecular flexibility index (Phi) is 5.30. The molecule has 6 nitrogen and oxygen atoms in total. The van der Waals surface area contributed by atoms with E-state index in [0.29, 0.717) is 24.5 Å². The summed E-state index contributed by atoms with van der Waals surface area (Å²) in [7, 11) is 0. The fourth-order valence-electron chi connectivity index (χ4n) is 3.54. The van der Waals surface area contributed by atoms with Gasteiger partial charge in [0.25, 0.3) is 5.91 Å². The molecule has 3 heterocycles. The molecule has 0 unspecified atom stereocenters. The van der Waals surface area contributed by atoms with E-state index in [9.17, 15) is 4.79 Å². The van der Waals surface area contributed by atoms with Crippen LogP contribution in [0.2, 0.25) is 0 Å². The number of ether oxygens (including phenoxy) is 1. The van der Waals surface area contributed by atoms with Crippen LogP contribution in [0.5, 0.6) is 5.75 Å². The van der Waals surface area contributed by atoms with Gasteiger partial charge in [0.15, 0.2) is 0 Å². The minimum atomic E-state index is -0.0575. The van der Waals surface area contributed by atoms with Crippen LogP contribution in [0.3, 0.4) is 0 Å². The molecule has 146 valence electrons. The molecule has 0 spiro atoms. The Labute approximate surface area is 164 Å². The van der Waals surface area contributed by atoms with Crippen molar-refractivity contribution in [1.29, 1.82) is 0 Å². The van der Waals surface area contributed by atoms with Crippen LogP contribution in [0.1, 0.15) is 35.8 Å². The summed E-state index contributed by atoms with van der Waals surface area (Å²) in [6.07, 6.45) is 6.07. The molecule has 3 aromatic rings. The predicted octanol–water partition coefficient (Wildman–Crippen LogP) is 3.03. The first-order valence-corrected chi connectivity index (χ1v) is 9.76. The number of aromatic nitrogens is 2. The Hall–Kier alpha value is -2.86. The summed E-state index contributed by atoms with van der Waals surface area (Å²) in [5.74, 6) is 0.607. The highest BCUT2D eigenvalue weighted by Crippen LogP contribution is 2.27. The lowest BCUT2D eigenvalue weighted by molar-refractivity contribution is 0.0922. The molecule has 2 N–H and O–H groups in total. The number of carbonyl (C=O) groups excluding carboxylic acids is 1. The molecular weight excluding hydrogens is 352 g/mol. The molecule has 0 saturated carbocycles. The summed E-state index contributed by atoms with van der Waals surface area (Å²) in [5, 5.41) is 6.46. The van der Waals surface area contributed by atoms with Crippen LogP contribution in [0.15, 0.2) is 54.9 Å². The number of amides is 1. The zero-order valence-corrected chi connectivity index (χ0v) is 16.1. The van der Waals surface area contributed by atoms with Gasteiger partial charge in [-0.2, -0.15) is 0 Å². The molecular formula is C22H26N4O2. The fraction of sp³-hybridized carbons (Fsp3) is 0.364. The lowest BCUT2D eigenvalue weighted by Gasteiger charge is -2.34. The van der Waals surface area contributed by atoms with Gasteiger partial charge in [-0.1, -0.05) is 19.1 Å². The number of nitrogens with zero attached hydrogens (tertiary/aromatic N) is 2. The standard InChI is InChI=1S/C22H26N4O2/c1-22(8-10-23-11-9-22)16-24-21(27)17-5-4-6-19(13-17)28-15-18-14-26-12-3-2-7-20(26)25-18/h2-7,12-14,23H,8-11,15-16H2,1H3,(H,24,27). The number of hydrogen-bond acceptors (Lipinski definition) is 4. The lowest BCUT2D eigenvalue weighted by atomic mass is 9.81. The molecule has 0 aliphatic carbocycles. The smallest absolute Gasteiger partial charge is 0.251 e. The van der Waals surface area contributed by atoms with Crippen molar-refractivity contribution >= 4 is 11.6 Å². The van der Waals surface area contributed by atoms with Crippen molar-refractivity contribution in [2.75, 3.05) is 19.6 Å². The van der Waals surface area contributed by atoms with Crippen molar-refractivity contribution in [3.8, 4) is 5.75 Å². The maximum atomic E-state index is 12.6. The Morgan fingerprint density at radius 2 is 2.11 bits per heavy atom. The number of rotatable bonds is 6. The molecule has 1 aliphatic rings. The molecule has 1 aromatic carbocycles. The summed E-state index contributed by atoms with van der Waals surface area (Å²) >= 11 is 0. The van der Waals surface area contributed by atoms with E-state index in [1.807, 2.05) is 53.2 Å². The first-order valence-electron chi connectivity index (χ1n) is 9.76. The van der Waals surface area contributed by atoms with Gasteiger partial charge in [-0.25, -0.2) is 4.98 Å². The number of pyridine rings is 1. The van der Waals surface area contributed by atoms with E-state index in [-0.39, 0.29) is 11.3 Å². The molecule has 4 rings (SSSR count). The summed E-state index contributed by atoms with van der Waals surface area (Å²) in [6.45, 7) is 5.32. The largest absolute Gasteiger partial charge is 0.487 e. The number of piperidine rings is 1. The van der Waals surface area contributed by atoms with Crippen LogP contribution in [-0.2, 0) is 6.61 Å². The van der Waals surface area contributed by atoms with Gasteiger partial charge in [0.05, 0.1) is 5.69 Å². The van der Waals surface area contributed by atoms with Gasteiger partial charge >= 0.3 is 0 Å². The molecule has 28 heavy (non-hydrogen) atoms.